The van der Waals surface area contributed by atoms with Crippen molar-refractivity contribution in [1.82, 2.24) is 0 Å². The van der Waals surface area contributed by atoms with Gasteiger partial charge in [-0.15, -0.1) is 0 Å². The number of hydrogen-bond acceptors (Lipinski definition) is 3. The molecule has 0 rings (SSSR count). The predicted octanol–water partition coefficient (Wildman–Crippen LogP) is 5.00. The normalized spacial score (nSPS) is 12.3. The van der Waals surface area contributed by atoms with E-state index in [4.69, 9.17) is 0 Å². The second-order valence-electron chi connectivity index (χ2n) is 6.09. The number of carbonyl (C=O) groups is 1. The molecule has 126 valence electrons. The maximum Gasteiger partial charge on any atom is 0.305 e. The minimum atomic E-state index is -0.0945. The van der Waals surface area contributed by atoms with E-state index >= 15 is 0 Å². The number of ether oxygens (including phenoxy) is 1. The molecule has 1 N–H and O–H groups in total. The van der Waals surface area contributed by atoms with Crippen LogP contribution >= 0.6 is 0 Å². The van der Waals surface area contributed by atoms with Crippen LogP contribution in [-0.2, 0) is 9.53 Å². The minimum Gasteiger partial charge on any atom is -0.469 e. The fraction of sp³-hybridized carbons (Fsp3) is 0.944. The molecule has 0 aliphatic rings. The maximum absolute atomic E-state index is 10.9. The smallest absolute Gasteiger partial charge is 0.305 e. The second-order valence-corrected chi connectivity index (χ2v) is 6.09. The van der Waals surface area contributed by atoms with Gasteiger partial charge in [0.05, 0.1) is 13.2 Å². The quantitative estimate of drug-likeness (QED) is 0.342. The van der Waals surface area contributed by atoms with E-state index in [1.165, 1.54) is 58.5 Å². The Morgan fingerprint density at radius 3 is 1.86 bits per heavy atom. The number of aliphatic hydroxyl groups excluding tert-OH is 1. The molecule has 0 aromatic rings. The topological polar surface area (TPSA) is 46.5 Å². The monoisotopic (exact) mass is 300 g/mol. The van der Waals surface area contributed by atoms with Crippen LogP contribution in [0.1, 0.15) is 96.8 Å². The minimum absolute atomic E-state index is 0.0816. The van der Waals surface area contributed by atoms with Gasteiger partial charge in [0.2, 0.25) is 0 Å². The average Bonchev–Trinajstić information content (AvgIpc) is 2.49. The summed E-state index contributed by atoms with van der Waals surface area (Å²) in [7, 11) is 1.45. The molecule has 0 aromatic heterocycles. The lowest BCUT2D eigenvalue weighted by atomic mass is 10.0. The van der Waals surface area contributed by atoms with Crippen molar-refractivity contribution in [2.45, 2.75) is 103 Å². The maximum atomic E-state index is 10.9. The van der Waals surface area contributed by atoms with E-state index in [0.29, 0.717) is 6.42 Å². The van der Waals surface area contributed by atoms with Crippen LogP contribution in [0.15, 0.2) is 0 Å². The Labute approximate surface area is 131 Å². The van der Waals surface area contributed by atoms with Crippen LogP contribution in [0.4, 0.5) is 0 Å². The highest BCUT2D eigenvalue weighted by Gasteiger charge is 2.03. The SMILES string of the molecule is CCCCCCC(O)CCCCCCCCCC(=O)OC. The Bertz CT molecular complexity index is 229. The lowest BCUT2D eigenvalue weighted by Gasteiger charge is -2.10. The van der Waals surface area contributed by atoms with Crippen LogP contribution in [0.5, 0.6) is 0 Å². The third-order valence-electron chi connectivity index (χ3n) is 4.04. The Kier molecular flexibility index (Phi) is 15.4. The van der Waals surface area contributed by atoms with Crippen molar-refractivity contribution >= 4 is 5.97 Å². The summed E-state index contributed by atoms with van der Waals surface area (Å²) in [4.78, 5) is 10.9. The first kappa shape index (κ1) is 20.4. The molecule has 0 bridgehead atoms. The summed E-state index contributed by atoms with van der Waals surface area (Å²) in [6.07, 6.45) is 15.6. The lowest BCUT2D eigenvalue weighted by Crippen LogP contribution is -2.05. The highest BCUT2D eigenvalue weighted by Crippen LogP contribution is 2.14. The van der Waals surface area contributed by atoms with Gasteiger partial charge in [-0.05, 0) is 19.3 Å². The molecule has 1 atom stereocenters. The molecule has 0 fully saturated rings. The van der Waals surface area contributed by atoms with Gasteiger partial charge in [-0.1, -0.05) is 71.1 Å². The van der Waals surface area contributed by atoms with E-state index in [9.17, 15) is 9.90 Å². The van der Waals surface area contributed by atoms with E-state index in [1.807, 2.05) is 0 Å². The van der Waals surface area contributed by atoms with Gasteiger partial charge in [0, 0.05) is 6.42 Å². The Morgan fingerprint density at radius 1 is 0.857 bits per heavy atom. The number of aliphatic hydroxyl groups is 1. The molecule has 0 aromatic carbocycles. The first-order valence-electron chi connectivity index (χ1n) is 8.95. The van der Waals surface area contributed by atoms with Crippen molar-refractivity contribution in [3.05, 3.63) is 0 Å². The molecule has 0 radical (unpaired) electrons. The van der Waals surface area contributed by atoms with Gasteiger partial charge in [0.1, 0.15) is 0 Å². The molecule has 0 aliphatic carbocycles. The van der Waals surface area contributed by atoms with Gasteiger partial charge >= 0.3 is 5.97 Å². The van der Waals surface area contributed by atoms with Gasteiger partial charge in [-0.2, -0.15) is 0 Å². The molecule has 21 heavy (non-hydrogen) atoms. The Balaban J connectivity index is 3.15. The van der Waals surface area contributed by atoms with Crippen LogP contribution in [-0.4, -0.2) is 24.3 Å². The zero-order valence-corrected chi connectivity index (χ0v) is 14.2. The van der Waals surface area contributed by atoms with Gasteiger partial charge in [0.15, 0.2) is 0 Å². The van der Waals surface area contributed by atoms with Crippen LogP contribution in [0.25, 0.3) is 0 Å². The molecule has 0 spiro atoms. The number of hydrogen-bond donors (Lipinski definition) is 1. The molecule has 3 nitrogen and oxygen atoms in total. The first-order chi connectivity index (χ1) is 10.2. The molecule has 0 heterocycles. The van der Waals surface area contributed by atoms with E-state index in [0.717, 1.165) is 32.1 Å². The van der Waals surface area contributed by atoms with Crippen LogP contribution in [0, 0.1) is 0 Å². The molecule has 0 saturated carbocycles. The third kappa shape index (κ3) is 15.6. The number of methoxy groups -OCH3 is 1. The Hall–Kier alpha value is -0.570. The molecule has 0 saturated heterocycles. The van der Waals surface area contributed by atoms with Crippen molar-refractivity contribution in [2.75, 3.05) is 7.11 Å². The molecular weight excluding hydrogens is 264 g/mol. The standard InChI is InChI=1S/C18H36O3/c1-3-4-5-11-14-17(19)15-12-9-7-6-8-10-13-16-18(20)21-2/h17,19H,3-16H2,1-2H3. The lowest BCUT2D eigenvalue weighted by molar-refractivity contribution is -0.140. The molecular formula is C18H36O3. The number of esters is 1. The van der Waals surface area contributed by atoms with E-state index < -0.39 is 0 Å². The fourth-order valence-corrected chi connectivity index (χ4v) is 2.59. The number of unbranched alkanes of at least 4 members (excludes halogenated alkanes) is 9. The molecule has 3 heteroatoms. The van der Waals surface area contributed by atoms with Crippen LogP contribution in [0.2, 0.25) is 0 Å². The summed E-state index contributed by atoms with van der Waals surface area (Å²) in [6, 6.07) is 0. The van der Waals surface area contributed by atoms with Gasteiger partial charge in [-0.25, -0.2) is 0 Å². The van der Waals surface area contributed by atoms with Gasteiger partial charge in [-0.3, -0.25) is 4.79 Å². The number of carbonyl (C=O) groups excluding carboxylic acids is 1. The Morgan fingerprint density at radius 2 is 1.33 bits per heavy atom. The molecule has 0 amide bonds. The van der Waals surface area contributed by atoms with Crippen molar-refractivity contribution in [1.29, 1.82) is 0 Å². The van der Waals surface area contributed by atoms with Crippen LogP contribution < -0.4 is 0 Å². The second kappa shape index (κ2) is 15.8. The van der Waals surface area contributed by atoms with Crippen LogP contribution in [0.3, 0.4) is 0 Å². The van der Waals surface area contributed by atoms with Crippen molar-refractivity contribution in [3.63, 3.8) is 0 Å². The van der Waals surface area contributed by atoms with Gasteiger partial charge < -0.3 is 9.84 Å². The van der Waals surface area contributed by atoms with E-state index in [1.54, 1.807) is 0 Å². The summed E-state index contributed by atoms with van der Waals surface area (Å²) in [5.74, 6) is -0.0945. The highest BCUT2D eigenvalue weighted by molar-refractivity contribution is 5.68. The van der Waals surface area contributed by atoms with Crippen molar-refractivity contribution in [2.24, 2.45) is 0 Å². The van der Waals surface area contributed by atoms with Crippen molar-refractivity contribution < 1.29 is 14.6 Å². The largest absolute Gasteiger partial charge is 0.469 e. The summed E-state index contributed by atoms with van der Waals surface area (Å²) >= 11 is 0. The van der Waals surface area contributed by atoms with Crippen molar-refractivity contribution in [3.8, 4) is 0 Å². The summed E-state index contributed by atoms with van der Waals surface area (Å²) in [6.45, 7) is 2.21. The molecule has 0 aliphatic heterocycles. The summed E-state index contributed by atoms with van der Waals surface area (Å²) in [5, 5.41) is 9.85. The molecule has 1 unspecified atom stereocenters. The fourth-order valence-electron chi connectivity index (χ4n) is 2.59. The zero-order chi connectivity index (χ0) is 15.8. The summed E-state index contributed by atoms with van der Waals surface area (Å²) in [5.41, 5.74) is 0. The highest BCUT2D eigenvalue weighted by atomic mass is 16.5. The van der Waals surface area contributed by atoms with E-state index in [-0.39, 0.29) is 12.1 Å². The number of rotatable bonds is 15. The van der Waals surface area contributed by atoms with E-state index in [2.05, 4.69) is 11.7 Å². The third-order valence-corrected chi connectivity index (χ3v) is 4.04. The predicted molar refractivity (Wildman–Crippen MR) is 88.3 cm³/mol. The van der Waals surface area contributed by atoms with Gasteiger partial charge in [0.25, 0.3) is 0 Å². The summed E-state index contributed by atoms with van der Waals surface area (Å²) < 4.78 is 4.61. The zero-order valence-electron chi connectivity index (χ0n) is 14.2. The first-order valence-corrected chi connectivity index (χ1v) is 8.95. The average molecular weight is 300 g/mol.